The lowest BCUT2D eigenvalue weighted by atomic mass is 9.98. The van der Waals surface area contributed by atoms with Gasteiger partial charge < -0.3 is 25.2 Å². The second-order valence-electron chi connectivity index (χ2n) is 7.53. The number of aliphatic hydroxyl groups is 1. The van der Waals surface area contributed by atoms with Crippen molar-refractivity contribution < 1.29 is 32.5 Å². The molecule has 1 amide bonds. The Kier molecular flexibility index (Phi) is 6.23. The van der Waals surface area contributed by atoms with Gasteiger partial charge in [0.15, 0.2) is 23.6 Å². The predicted octanol–water partition coefficient (Wildman–Crippen LogP) is 0.156. The molecule has 2 aliphatic heterocycles. The number of nitrogens with zero attached hydrogens (tertiary/aromatic N) is 3. The number of ether oxygens (including phenoxy) is 2. The minimum Gasteiger partial charge on any atom is -0.390 e. The van der Waals surface area contributed by atoms with Gasteiger partial charge in [0.1, 0.15) is 11.8 Å². The predicted molar refractivity (Wildman–Crippen MR) is 100 cm³/mol. The van der Waals surface area contributed by atoms with Crippen molar-refractivity contribution in [1.82, 2.24) is 25.6 Å². The lowest BCUT2D eigenvalue weighted by molar-refractivity contribution is -0.158. The Labute approximate surface area is 175 Å². The molecule has 1 aromatic carbocycles. The summed E-state index contributed by atoms with van der Waals surface area (Å²) in [4.78, 5) is 12.8. The van der Waals surface area contributed by atoms with Gasteiger partial charge in [-0.1, -0.05) is 5.21 Å². The summed E-state index contributed by atoms with van der Waals surface area (Å²) in [6.07, 6.45) is -0.474. The van der Waals surface area contributed by atoms with Crippen LogP contribution < -0.4 is 10.6 Å². The van der Waals surface area contributed by atoms with Gasteiger partial charge in [0.05, 0.1) is 24.4 Å². The monoisotopic (exact) mass is 441 g/mol. The normalized spacial score (nSPS) is 28.6. The largest absolute Gasteiger partial charge is 0.390 e. The van der Waals surface area contributed by atoms with Crippen LogP contribution in [0.15, 0.2) is 18.3 Å². The van der Waals surface area contributed by atoms with E-state index in [4.69, 9.17) is 9.47 Å². The lowest BCUT2D eigenvalue weighted by Gasteiger charge is -2.36. The molecule has 12 heteroatoms. The van der Waals surface area contributed by atoms with Gasteiger partial charge in [0.25, 0.3) is 5.91 Å². The van der Waals surface area contributed by atoms with Gasteiger partial charge in [-0.05, 0) is 18.6 Å². The first kappa shape index (κ1) is 21.7. The molecule has 3 heterocycles. The summed E-state index contributed by atoms with van der Waals surface area (Å²) in [5, 5.41) is 23.6. The van der Waals surface area contributed by atoms with Crippen LogP contribution in [0.2, 0.25) is 0 Å². The first-order chi connectivity index (χ1) is 14.9. The van der Waals surface area contributed by atoms with Crippen LogP contribution in [0.3, 0.4) is 0 Å². The molecule has 0 spiro atoms. The Hall–Kier alpha value is -2.54. The lowest BCUT2D eigenvalue weighted by Crippen LogP contribution is -2.55. The number of nitrogens with one attached hydrogen (secondary N) is 2. The molecule has 4 rings (SSSR count). The van der Waals surface area contributed by atoms with Crippen molar-refractivity contribution >= 4 is 5.91 Å². The summed E-state index contributed by atoms with van der Waals surface area (Å²) in [7, 11) is 1.43. The van der Waals surface area contributed by atoms with E-state index in [2.05, 4.69) is 20.9 Å². The van der Waals surface area contributed by atoms with E-state index >= 15 is 0 Å². The Balaban J connectivity index is 1.53. The molecule has 5 atom stereocenters. The molecular formula is C19H22F3N5O4. The smallest absolute Gasteiger partial charge is 0.252 e. The van der Waals surface area contributed by atoms with Crippen molar-refractivity contribution in [2.45, 2.75) is 36.8 Å². The van der Waals surface area contributed by atoms with Crippen LogP contribution in [-0.4, -0.2) is 77.2 Å². The maximum Gasteiger partial charge on any atom is 0.252 e. The van der Waals surface area contributed by atoms with E-state index in [1.165, 1.54) is 18.0 Å². The van der Waals surface area contributed by atoms with Crippen molar-refractivity contribution in [3.8, 4) is 11.3 Å². The zero-order valence-corrected chi connectivity index (χ0v) is 16.6. The van der Waals surface area contributed by atoms with Crippen LogP contribution in [0, 0.1) is 17.5 Å². The van der Waals surface area contributed by atoms with Crippen LogP contribution in [0.1, 0.15) is 12.5 Å². The highest BCUT2D eigenvalue weighted by Crippen LogP contribution is 2.29. The third-order valence-corrected chi connectivity index (χ3v) is 5.56. The average molecular weight is 441 g/mol. The van der Waals surface area contributed by atoms with E-state index in [0.29, 0.717) is 19.5 Å². The molecule has 9 nitrogen and oxygen atoms in total. The van der Waals surface area contributed by atoms with E-state index in [9.17, 15) is 23.1 Å². The second kappa shape index (κ2) is 8.91. The van der Waals surface area contributed by atoms with Crippen molar-refractivity contribution in [3.05, 3.63) is 35.8 Å². The second-order valence-corrected chi connectivity index (χ2v) is 7.53. The number of methoxy groups -OCH3 is 1. The molecule has 2 aromatic rings. The molecule has 3 N–H and O–H groups in total. The van der Waals surface area contributed by atoms with Crippen molar-refractivity contribution in [2.24, 2.45) is 0 Å². The van der Waals surface area contributed by atoms with Crippen LogP contribution in [0.25, 0.3) is 11.3 Å². The molecule has 0 aliphatic carbocycles. The van der Waals surface area contributed by atoms with Crippen molar-refractivity contribution in [3.63, 3.8) is 0 Å². The Bertz CT molecular complexity index is 935. The number of benzene rings is 1. The Morgan fingerprint density at radius 1 is 1.32 bits per heavy atom. The molecule has 1 aromatic heterocycles. The first-order valence-electron chi connectivity index (χ1n) is 9.79. The third kappa shape index (κ3) is 4.28. The first-order valence-corrected chi connectivity index (χ1v) is 9.79. The summed E-state index contributed by atoms with van der Waals surface area (Å²) in [6.45, 7) is 1.07. The minimum atomic E-state index is -1.56. The zero-order chi connectivity index (χ0) is 22.1. The van der Waals surface area contributed by atoms with Gasteiger partial charge >= 0.3 is 0 Å². The van der Waals surface area contributed by atoms with Gasteiger partial charge in [-0.15, -0.1) is 5.10 Å². The molecule has 0 saturated carbocycles. The molecule has 2 saturated heterocycles. The van der Waals surface area contributed by atoms with Gasteiger partial charge in [0, 0.05) is 32.4 Å². The molecule has 31 heavy (non-hydrogen) atoms. The summed E-state index contributed by atoms with van der Waals surface area (Å²) >= 11 is 0. The highest BCUT2D eigenvalue weighted by molar-refractivity contribution is 5.82. The zero-order valence-electron chi connectivity index (χ0n) is 16.6. The number of hydrogen-bond acceptors (Lipinski definition) is 7. The fourth-order valence-electron chi connectivity index (χ4n) is 3.92. The highest BCUT2D eigenvalue weighted by atomic mass is 19.2. The van der Waals surface area contributed by atoms with E-state index in [1.807, 2.05) is 0 Å². The molecule has 2 fully saturated rings. The van der Waals surface area contributed by atoms with Crippen molar-refractivity contribution in [1.29, 1.82) is 0 Å². The maximum atomic E-state index is 13.6. The number of carbonyl (C=O) groups excluding carboxylic acids is 1. The fourth-order valence-corrected chi connectivity index (χ4v) is 3.92. The minimum absolute atomic E-state index is 0.0284. The quantitative estimate of drug-likeness (QED) is 0.567. The number of aromatic nitrogens is 3. The fraction of sp³-hybridized carbons (Fsp3) is 0.526. The molecule has 3 unspecified atom stereocenters. The van der Waals surface area contributed by atoms with E-state index in [0.717, 1.165) is 12.1 Å². The van der Waals surface area contributed by atoms with Gasteiger partial charge in [-0.2, -0.15) is 0 Å². The number of rotatable bonds is 5. The van der Waals surface area contributed by atoms with Gasteiger partial charge in [-0.3, -0.25) is 4.79 Å². The van der Waals surface area contributed by atoms with Crippen LogP contribution >= 0.6 is 0 Å². The number of halogens is 3. The van der Waals surface area contributed by atoms with Crippen molar-refractivity contribution in [2.75, 3.05) is 26.8 Å². The third-order valence-electron chi connectivity index (χ3n) is 5.56. The number of hydrogen-bond donors (Lipinski definition) is 3. The SMILES string of the molecule is COC1C(C(=O)N[C@@H]2CNC[C@H]2O)OCCC1n1cc(-c2cc(F)c(F)c(F)c2)nn1. The van der Waals surface area contributed by atoms with Gasteiger partial charge in [-0.25, -0.2) is 17.9 Å². The van der Waals surface area contributed by atoms with E-state index in [-0.39, 0.29) is 17.9 Å². The van der Waals surface area contributed by atoms with E-state index < -0.39 is 53.8 Å². The van der Waals surface area contributed by atoms with Gasteiger partial charge in [0.2, 0.25) is 0 Å². The highest BCUT2D eigenvalue weighted by Gasteiger charge is 2.42. The van der Waals surface area contributed by atoms with Crippen LogP contribution in [-0.2, 0) is 14.3 Å². The number of aliphatic hydroxyl groups excluding tert-OH is 1. The molecule has 168 valence electrons. The maximum absolute atomic E-state index is 13.6. The molecule has 0 bridgehead atoms. The standard InChI is InChI=1S/C19H22F3N5O4/c1-30-17-14(2-3-31-18(17)19(29)24-12-6-23-7-15(12)28)27-8-13(25-26-27)9-4-10(20)16(22)11(21)5-9/h4-5,8,12,14-15,17-18,23,28H,2-3,6-7H2,1H3,(H,24,29)/t12-,14?,15-,17?,18?/m1/s1. The Morgan fingerprint density at radius 3 is 2.71 bits per heavy atom. The number of carbonyl (C=O) groups is 1. The number of amides is 1. The Morgan fingerprint density at radius 2 is 2.06 bits per heavy atom. The summed E-state index contributed by atoms with van der Waals surface area (Å²) < 4.78 is 53.0. The van der Waals surface area contributed by atoms with Crippen LogP contribution in [0.4, 0.5) is 13.2 Å². The number of β-amino-alcohol motifs (C(OH)–C–C–N with tert-alkyl or cyclic N) is 1. The van der Waals surface area contributed by atoms with E-state index in [1.54, 1.807) is 0 Å². The molecular weight excluding hydrogens is 419 g/mol. The summed E-state index contributed by atoms with van der Waals surface area (Å²) in [6, 6.07) is 0.788. The van der Waals surface area contributed by atoms with Crippen LogP contribution in [0.5, 0.6) is 0 Å². The average Bonchev–Trinajstić information content (AvgIpc) is 3.40. The molecule has 2 aliphatic rings. The summed E-state index contributed by atoms with van der Waals surface area (Å²) in [5.74, 6) is -4.64. The summed E-state index contributed by atoms with van der Waals surface area (Å²) in [5.41, 5.74) is 0.168. The topological polar surface area (TPSA) is 111 Å². The molecule has 0 radical (unpaired) electrons.